The van der Waals surface area contributed by atoms with Crippen molar-refractivity contribution < 1.29 is 9.47 Å². The molecule has 0 amide bonds. The molecule has 0 N–H and O–H groups in total. The van der Waals surface area contributed by atoms with Crippen LogP contribution in [0.3, 0.4) is 0 Å². The van der Waals surface area contributed by atoms with Crippen LogP contribution < -0.4 is 0 Å². The molecule has 2 aliphatic rings. The highest BCUT2D eigenvalue weighted by Crippen LogP contribution is 2.31. The highest BCUT2D eigenvalue weighted by Gasteiger charge is 2.35. The summed E-state index contributed by atoms with van der Waals surface area (Å²) < 4.78 is 12.3. The highest BCUT2D eigenvalue weighted by atomic mass is 16.5. The molecule has 142 valence electrons. The van der Waals surface area contributed by atoms with Gasteiger partial charge in [-0.15, -0.1) is 0 Å². The summed E-state index contributed by atoms with van der Waals surface area (Å²) in [5, 5.41) is 0. The fourth-order valence-electron chi connectivity index (χ4n) is 4.15. The molecule has 2 fully saturated rings. The molecule has 0 spiro atoms. The van der Waals surface area contributed by atoms with Crippen LogP contribution >= 0.6 is 0 Å². The van der Waals surface area contributed by atoms with E-state index in [4.69, 9.17) is 9.47 Å². The number of hydrogen-bond donors (Lipinski definition) is 0. The lowest BCUT2D eigenvalue weighted by Gasteiger charge is -2.31. The summed E-state index contributed by atoms with van der Waals surface area (Å²) in [6.07, 6.45) is 4.96. The molecule has 0 aromatic rings. The average molecular weight is 341 g/mol. The molecular formula is C20H40N2O2. The van der Waals surface area contributed by atoms with Crippen LogP contribution in [-0.2, 0) is 9.47 Å². The van der Waals surface area contributed by atoms with Crippen LogP contribution in [0.5, 0.6) is 0 Å². The first-order valence-corrected chi connectivity index (χ1v) is 9.74. The molecule has 2 unspecified atom stereocenters. The van der Waals surface area contributed by atoms with Crippen LogP contribution in [0, 0.1) is 5.92 Å². The van der Waals surface area contributed by atoms with Gasteiger partial charge in [0.1, 0.15) is 0 Å². The Kier molecular flexibility index (Phi) is 6.74. The number of rotatable bonds is 7. The van der Waals surface area contributed by atoms with Gasteiger partial charge >= 0.3 is 0 Å². The number of nitrogens with zero attached hydrogens (tertiary/aromatic N) is 2. The monoisotopic (exact) mass is 340 g/mol. The van der Waals surface area contributed by atoms with E-state index in [1.54, 1.807) is 0 Å². The molecule has 0 bridgehead atoms. The molecule has 2 heterocycles. The van der Waals surface area contributed by atoms with E-state index in [0.29, 0.717) is 18.0 Å². The second-order valence-corrected chi connectivity index (χ2v) is 9.67. The van der Waals surface area contributed by atoms with Crippen LogP contribution in [0.4, 0.5) is 0 Å². The topological polar surface area (TPSA) is 24.9 Å². The third kappa shape index (κ3) is 6.29. The summed E-state index contributed by atoms with van der Waals surface area (Å²) in [5.74, 6) is 0.708. The van der Waals surface area contributed by atoms with Crippen molar-refractivity contribution >= 4 is 0 Å². The minimum absolute atomic E-state index is 0.0330. The summed E-state index contributed by atoms with van der Waals surface area (Å²) in [6.45, 7) is 15.0. The van der Waals surface area contributed by atoms with Crippen molar-refractivity contribution in [2.75, 3.05) is 40.4 Å². The van der Waals surface area contributed by atoms with E-state index < -0.39 is 0 Å². The summed E-state index contributed by atoms with van der Waals surface area (Å²) in [4.78, 5) is 4.91. The molecule has 0 aromatic heterocycles. The molecule has 2 saturated heterocycles. The first-order chi connectivity index (χ1) is 11.1. The maximum atomic E-state index is 6.34. The Morgan fingerprint density at radius 1 is 0.917 bits per heavy atom. The zero-order chi connectivity index (χ0) is 18.0. The molecule has 4 nitrogen and oxygen atoms in total. The largest absolute Gasteiger partial charge is 0.374 e. The van der Waals surface area contributed by atoms with Gasteiger partial charge in [0, 0.05) is 18.6 Å². The van der Waals surface area contributed by atoms with E-state index in [9.17, 15) is 0 Å². The maximum Gasteiger partial charge on any atom is 0.0630 e. The summed E-state index contributed by atoms with van der Waals surface area (Å²) >= 11 is 0. The zero-order valence-corrected chi connectivity index (χ0v) is 17.1. The fourth-order valence-corrected chi connectivity index (χ4v) is 4.15. The van der Waals surface area contributed by atoms with Crippen molar-refractivity contribution in [1.29, 1.82) is 0 Å². The van der Waals surface area contributed by atoms with Gasteiger partial charge in [-0.2, -0.15) is 0 Å². The predicted octanol–water partition coefficient (Wildman–Crippen LogP) is 3.40. The first kappa shape index (κ1) is 20.2. The van der Waals surface area contributed by atoms with Crippen LogP contribution in [0.15, 0.2) is 0 Å². The predicted molar refractivity (Wildman–Crippen MR) is 101 cm³/mol. The number of ether oxygens (including phenoxy) is 2. The van der Waals surface area contributed by atoms with Crippen LogP contribution in [0.2, 0.25) is 0 Å². The Hall–Kier alpha value is -0.160. The smallest absolute Gasteiger partial charge is 0.0630 e. The molecule has 0 aromatic carbocycles. The molecule has 2 rings (SSSR count). The van der Waals surface area contributed by atoms with E-state index >= 15 is 0 Å². The third-order valence-corrected chi connectivity index (χ3v) is 5.60. The third-order valence-electron chi connectivity index (χ3n) is 5.60. The number of likely N-dealkylation sites (tertiary alicyclic amines) is 2. The standard InChI is InChI=1S/C20H40N2O2/c1-19(2,3)23-15-18-11-16(13-22(18)7)12-20(4,5)24-14-17-9-8-10-21(17)6/h16-18H,8-15H2,1-7H3/t16?,17-,18?/m1/s1. The Labute approximate surface area is 149 Å². The van der Waals surface area contributed by atoms with Crippen molar-refractivity contribution in [2.45, 2.75) is 83.6 Å². The highest BCUT2D eigenvalue weighted by molar-refractivity contribution is 4.88. The molecule has 0 saturated carbocycles. The Morgan fingerprint density at radius 3 is 2.17 bits per heavy atom. The van der Waals surface area contributed by atoms with Gasteiger partial charge < -0.3 is 19.3 Å². The van der Waals surface area contributed by atoms with Crippen molar-refractivity contribution in [1.82, 2.24) is 9.80 Å². The second kappa shape index (κ2) is 8.03. The van der Waals surface area contributed by atoms with Gasteiger partial charge in [0.05, 0.1) is 24.4 Å². The normalized spacial score (nSPS) is 30.4. The fraction of sp³-hybridized carbons (Fsp3) is 1.00. The molecule has 0 radical (unpaired) electrons. The van der Waals surface area contributed by atoms with E-state index in [-0.39, 0.29) is 11.2 Å². The van der Waals surface area contributed by atoms with Crippen molar-refractivity contribution in [3.63, 3.8) is 0 Å². The Morgan fingerprint density at radius 2 is 1.58 bits per heavy atom. The van der Waals surface area contributed by atoms with Gasteiger partial charge in [-0.1, -0.05) is 0 Å². The summed E-state index contributed by atoms with van der Waals surface area (Å²) in [6, 6.07) is 1.16. The lowest BCUT2D eigenvalue weighted by molar-refractivity contribution is -0.0514. The molecule has 24 heavy (non-hydrogen) atoms. The van der Waals surface area contributed by atoms with E-state index in [1.807, 2.05) is 0 Å². The van der Waals surface area contributed by atoms with Crippen molar-refractivity contribution in [3.05, 3.63) is 0 Å². The van der Waals surface area contributed by atoms with Crippen LogP contribution in [0.1, 0.15) is 60.3 Å². The Balaban J connectivity index is 1.75. The van der Waals surface area contributed by atoms with E-state index in [2.05, 4.69) is 58.5 Å². The number of likely N-dealkylation sites (N-methyl/N-ethyl adjacent to an activating group) is 2. The molecule has 0 aliphatic carbocycles. The first-order valence-electron chi connectivity index (χ1n) is 9.74. The lowest BCUT2D eigenvalue weighted by atomic mass is 9.91. The van der Waals surface area contributed by atoms with Crippen LogP contribution in [0.25, 0.3) is 0 Å². The summed E-state index contributed by atoms with van der Waals surface area (Å²) in [7, 11) is 4.46. The van der Waals surface area contributed by atoms with Gasteiger partial charge in [0.25, 0.3) is 0 Å². The molecule has 3 atom stereocenters. The van der Waals surface area contributed by atoms with Gasteiger partial charge in [-0.3, -0.25) is 0 Å². The molecule has 2 aliphatic heterocycles. The molecule has 4 heteroatoms. The van der Waals surface area contributed by atoms with Gasteiger partial charge in [-0.25, -0.2) is 0 Å². The van der Waals surface area contributed by atoms with Gasteiger partial charge in [-0.05, 0) is 86.9 Å². The average Bonchev–Trinajstić information content (AvgIpc) is 2.99. The van der Waals surface area contributed by atoms with E-state index in [0.717, 1.165) is 26.2 Å². The quantitative estimate of drug-likeness (QED) is 0.709. The van der Waals surface area contributed by atoms with Gasteiger partial charge in [0.15, 0.2) is 0 Å². The number of hydrogen-bond acceptors (Lipinski definition) is 4. The maximum absolute atomic E-state index is 6.34. The minimum Gasteiger partial charge on any atom is -0.374 e. The van der Waals surface area contributed by atoms with E-state index in [1.165, 1.54) is 25.8 Å². The van der Waals surface area contributed by atoms with Gasteiger partial charge in [0.2, 0.25) is 0 Å². The van der Waals surface area contributed by atoms with Crippen molar-refractivity contribution in [3.8, 4) is 0 Å². The Bertz CT molecular complexity index is 392. The van der Waals surface area contributed by atoms with Crippen molar-refractivity contribution in [2.24, 2.45) is 5.92 Å². The SMILES string of the molecule is CN1CC(CC(C)(C)OC[C@H]2CCCN2C)CC1COC(C)(C)C. The minimum atomic E-state index is -0.0470. The lowest BCUT2D eigenvalue weighted by Crippen LogP contribution is -2.36. The second-order valence-electron chi connectivity index (χ2n) is 9.67. The molecular weight excluding hydrogens is 300 g/mol. The summed E-state index contributed by atoms with van der Waals surface area (Å²) in [5.41, 5.74) is -0.0800. The van der Waals surface area contributed by atoms with Crippen LogP contribution in [-0.4, -0.2) is 73.5 Å². The zero-order valence-electron chi connectivity index (χ0n) is 17.1.